The van der Waals surface area contributed by atoms with Crippen LogP contribution in [0.5, 0.6) is 5.75 Å². The van der Waals surface area contributed by atoms with Crippen molar-refractivity contribution in [2.45, 2.75) is 45.6 Å². The number of aliphatic carboxylic acids is 1. The maximum Gasteiger partial charge on any atom is 0.335 e. The molecule has 0 saturated heterocycles. The lowest BCUT2D eigenvalue weighted by atomic mass is 9.92. The van der Waals surface area contributed by atoms with E-state index in [9.17, 15) is 14.7 Å². The Morgan fingerprint density at radius 2 is 1.69 bits per heavy atom. The van der Waals surface area contributed by atoms with Crippen molar-refractivity contribution < 1.29 is 24.5 Å². The van der Waals surface area contributed by atoms with Crippen molar-refractivity contribution in [1.82, 2.24) is 9.78 Å². The lowest BCUT2D eigenvalue weighted by Gasteiger charge is -2.14. The number of unbranched alkanes of at least 4 members (excludes halogenated alkanes) is 1. The van der Waals surface area contributed by atoms with Gasteiger partial charge in [-0.1, -0.05) is 72.1 Å². The van der Waals surface area contributed by atoms with E-state index in [2.05, 4.69) is 11.2 Å². The van der Waals surface area contributed by atoms with Gasteiger partial charge in [-0.2, -0.15) is 5.10 Å². The molecule has 4 aromatic rings. The van der Waals surface area contributed by atoms with E-state index in [0.717, 1.165) is 41.0 Å². The number of ether oxygens (including phenoxy) is 1. The maximum absolute atomic E-state index is 11.2. The van der Waals surface area contributed by atoms with Gasteiger partial charge in [-0.05, 0) is 80.1 Å². The third-order valence-electron chi connectivity index (χ3n) is 6.79. The summed E-state index contributed by atoms with van der Waals surface area (Å²) >= 11 is 12.4. The number of carbonyl (C=O) groups is 2. The molecule has 1 heterocycles. The van der Waals surface area contributed by atoms with Gasteiger partial charge < -0.3 is 14.9 Å². The Bertz CT molecular complexity index is 1540. The first kappa shape index (κ1) is 30.9. The number of aromatic nitrogens is 2. The van der Waals surface area contributed by atoms with Gasteiger partial charge in [0.25, 0.3) is 0 Å². The number of para-hydroxylation sites is 1. The largest absolute Gasteiger partial charge is 0.487 e. The van der Waals surface area contributed by atoms with Crippen molar-refractivity contribution in [3.05, 3.63) is 117 Å². The summed E-state index contributed by atoms with van der Waals surface area (Å²) in [5.74, 6) is -0.916. The second-order valence-electron chi connectivity index (χ2n) is 10.1. The Morgan fingerprint density at radius 1 is 0.976 bits per heavy atom. The molecule has 4 rings (SSSR count). The molecule has 42 heavy (non-hydrogen) atoms. The number of hydrogen-bond donors (Lipinski definition) is 2. The molecule has 0 aliphatic rings. The Hall–Kier alpha value is -4.07. The highest BCUT2D eigenvalue weighted by Gasteiger charge is 2.12. The van der Waals surface area contributed by atoms with Crippen LogP contribution in [0.4, 0.5) is 0 Å². The van der Waals surface area contributed by atoms with Crippen molar-refractivity contribution in [1.29, 1.82) is 0 Å². The molecule has 2 N–H and O–H groups in total. The van der Waals surface area contributed by atoms with Crippen LogP contribution < -0.4 is 4.74 Å². The van der Waals surface area contributed by atoms with Gasteiger partial charge in [0.2, 0.25) is 0 Å². The molecule has 218 valence electrons. The van der Waals surface area contributed by atoms with Gasteiger partial charge in [-0.3, -0.25) is 4.79 Å². The molecule has 1 unspecified atom stereocenters. The molecule has 7 nitrogen and oxygen atoms in total. The number of carboxylic acids is 2. The van der Waals surface area contributed by atoms with E-state index in [1.165, 1.54) is 0 Å². The van der Waals surface area contributed by atoms with Crippen LogP contribution in [0.3, 0.4) is 0 Å². The van der Waals surface area contributed by atoms with Crippen LogP contribution >= 0.6 is 23.2 Å². The van der Waals surface area contributed by atoms with Crippen LogP contribution in [-0.2, 0) is 17.8 Å². The number of halogens is 2. The first-order chi connectivity index (χ1) is 20.2. The van der Waals surface area contributed by atoms with Crippen LogP contribution in [-0.4, -0.2) is 31.9 Å². The number of aryl methyl sites for hydroxylation is 1. The minimum atomic E-state index is -0.959. The minimum absolute atomic E-state index is 0.130. The Balaban J connectivity index is 1.47. The summed E-state index contributed by atoms with van der Waals surface area (Å²) < 4.78 is 7.96. The summed E-state index contributed by atoms with van der Waals surface area (Å²) in [6.45, 7) is 2.22. The summed E-state index contributed by atoms with van der Waals surface area (Å²) in [4.78, 5) is 22.2. The molecular weight excluding hydrogens is 575 g/mol. The monoisotopic (exact) mass is 606 g/mol. The van der Waals surface area contributed by atoms with Crippen molar-refractivity contribution in [2.24, 2.45) is 5.92 Å². The normalized spacial score (nSPS) is 12.0. The molecule has 0 amide bonds. The zero-order valence-electron chi connectivity index (χ0n) is 23.2. The minimum Gasteiger partial charge on any atom is -0.487 e. The van der Waals surface area contributed by atoms with Gasteiger partial charge in [-0.25, -0.2) is 9.48 Å². The molecular formula is C33H32Cl2N2O5. The van der Waals surface area contributed by atoms with Crippen LogP contribution in [0.1, 0.15) is 58.6 Å². The van der Waals surface area contributed by atoms with Gasteiger partial charge in [0.15, 0.2) is 0 Å². The molecule has 1 atom stereocenters. The highest BCUT2D eigenvalue weighted by atomic mass is 35.5. The van der Waals surface area contributed by atoms with E-state index in [4.69, 9.17) is 33.0 Å². The van der Waals surface area contributed by atoms with Crippen LogP contribution in [0.25, 0.3) is 11.8 Å². The zero-order chi connectivity index (χ0) is 30.1. The van der Waals surface area contributed by atoms with Gasteiger partial charge in [0.1, 0.15) is 18.1 Å². The quantitative estimate of drug-likeness (QED) is 0.140. The molecule has 0 aliphatic heterocycles. The summed E-state index contributed by atoms with van der Waals surface area (Å²) in [6, 6.07) is 21.9. The van der Waals surface area contributed by atoms with Crippen molar-refractivity contribution in [3.8, 4) is 11.4 Å². The average Bonchev–Trinajstić information content (AvgIpc) is 3.33. The van der Waals surface area contributed by atoms with Crippen molar-refractivity contribution in [3.63, 3.8) is 0 Å². The summed E-state index contributed by atoms with van der Waals surface area (Å²) in [5, 5.41) is 23.9. The molecule has 1 aromatic heterocycles. The van der Waals surface area contributed by atoms with Gasteiger partial charge in [0, 0.05) is 27.7 Å². The van der Waals surface area contributed by atoms with E-state index in [0.29, 0.717) is 28.6 Å². The molecule has 0 radical (unpaired) electrons. The number of hydrogen-bond acceptors (Lipinski definition) is 4. The zero-order valence-corrected chi connectivity index (χ0v) is 24.7. The second-order valence-corrected chi connectivity index (χ2v) is 11.0. The smallest absolute Gasteiger partial charge is 0.335 e. The van der Waals surface area contributed by atoms with E-state index in [-0.39, 0.29) is 24.5 Å². The molecule has 0 fully saturated rings. The number of carboxylic acid groups (broad SMARTS) is 2. The Labute approximate surface area is 255 Å². The lowest BCUT2D eigenvalue weighted by Crippen LogP contribution is -2.04. The summed E-state index contributed by atoms with van der Waals surface area (Å²) in [6.07, 6.45) is 7.17. The average molecular weight is 608 g/mol. The van der Waals surface area contributed by atoms with E-state index < -0.39 is 11.9 Å². The molecule has 0 saturated carbocycles. The summed E-state index contributed by atoms with van der Waals surface area (Å²) in [7, 11) is 0. The highest BCUT2D eigenvalue weighted by Crippen LogP contribution is 2.26. The third kappa shape index (κ3) is 8.96. The third-order valence-corrected chi connectivity index (χ3v) is 7.22. The van der Waals surface area contributed by atoms with Gasteiger partial charge >= 0.3 is 11.9 Å². The first-order valence-corrected chi connectivity index (χ1v) is 14.4. The molecule has 0 bridgehead atoms. The number of benzene rings is 3. The maximum atomic E-state index is 11.2. The van der Waals surface area contributed by atoms with Gasteiger partial charge in [0.05, 0.1) is 11.3 Å². The number of aromatic carboxylic acids is 1. The predicted octanol–water partition coefficient (Wildman–Crippen LogP) is 8.28. The molecule has 3 aromatic carbocycles. The predicted molar refractivity (Wildman–Crippen MR) is 165 cm³/mol. The fourth-order valence-electron chi connectivity index (χ4n) is 4.71. The molecule has 0 aliphatic carbocycles. The van der Waals surface area contributed by atoms with E-state index in [1.807, 2.05) is 55.5 Å². The topological polar surface area (TPSA) is 102 Å². The SMILES string of the molecule is Cc1cc(COc2ccccc2/C=C/C(CCCCC(=O)O)Cc2ccc(C(=O)O)cc2)nn1-c1cc(Cl)cc(Cl)c1. The lowest BCUT2D eigenvalue weighted by molar-refractivity contribution is -0.137. The van der Waals surface area contributed by atoms with Crippen LogP contribution in [0, 0.1) is 12.8 Å². The van der Waals surface area contributed by atoms with E-state index in [1.54, 1.807) is 35.0 Å². The number of rotatable bonds is 14. The van der Waals surface area contributed by atoms with Crippen LogP contribution in [0.2, 0.25) is 10.0 Å². The number of allylic oxidation sites excluding steroid dienone is 1. The Morgan fingerprint density at radius 3 is 2.38 bits per heavy atom. The first-order valence-electron chi connectivity index (χ1n) is 13.6. The van der Waals surface area contributed by atoms with Crippen molar-refractivity contribution >= 4 is 41.2 Å². The van der Waals surface area contributed by atoms with Crippen molar-refractivity contribution in [2.75, 3.05) is 0 Å². The van der Waals surface area contributed by atoms with Crippen LogP contribution in [0.15, 0.2) is 78.9 Å². The Kier molecular flexibility index (Phi) is 10.8. The molecule has 9 heteroatoms. The fourth-order valence-corrected chi connectivity index (χ4v) is 5.22. The molecule has 0 spiro atoms. The fraction of sp³-hybridized carbons (Fsp3) is 0.242. The van der Waals surface area contributed by atoms with Gasteiger partial charge in [-0.15, -0.1) is 0 Å². The standard InChI is InChI=1S/C33H32Cl2N2O5/c1-22-16-29(36-37(22)30-19-27(34)18-28(35)20-30)21-42-31-8-4-3-7-25(31)13-10-23(6-2-5-9-32(38)39)17-24-11-14-26(15-12-24)33(40)41/h3-4,7-8,10-16,18-20,23H,2,5-6,9,17,21H2,1H3,(H,38,39)(H,40,41)/b13-10+. The highest BCUT2D eigenvalue weighted by molar-refractivity contribution is 6.34. The summed E-state index contributed by atoms with van der Waals surface area (Å²) in [5.41, 5.74) is 4.61. The van der Waals surface area contributed by atoms with E-state index >= 15 is 0 Å². The second kappa shape index (κ2) is 14.7. The number of nitrogens with zero attached hydrogens (tertiary/aromatic N) is 2.